The monoisotopic (exact) mass is 351 g/mol. The molecular weight excluding hydrogens is 326 g/mol. The van der Waals surface area contributed by atoms with Crippen molar-refractivity contribution in [2.24, 2.45) is 0 Å². The molecule has 1 aromatic rings. The highest BCUT2D eigenvalue weighted by molar-refractivity contribution is 6.30. The molecular formula is C18H26ClN3O2. The second-order valence-electron chi connectivity index (χ2n) is 6.62. The Balaban J connectivity index is 1.71. The quantitative estimate of drug-likeness (QED) is 0.793. The Bertz CT molecular complexity index is 566. The summed E-state index contributed by atoms with van der Waals surface area (Å²) < 4.78 is 0. The molecule has 1 fully saturated rings. The van der Waals surface area contributed by atoms with E-state index in [1.165, 1.54) is 12.8 Å². The molecule has 0 heterocycles. The average Bonchev–Trinajstić information content (AvgIpc) is 3.04. The molecule has 1 aliphatic rings. The summed E-state index contributed by atoms with van der Waals surface area (Å²) in [5.74, 6) is -0.223. The maximum absolute atomic E-state index is 12.0. The van der Waals surface area contributed by atoms with Gasteiger partial charge in [0.1, 0.15) is 0 Å². The third-order valence-corrected chi connectivity index (χ3v) is 5.09. The Morgan fingerprint density at radius 1 is 1.12 bits per heavy atom. The molecule has 0 aliphatic heterocycles. The fourth-order valence-electron chi connectivity index (χ4n) is 3.16. The lowest BCUT2D eigenvalue weighted by molar-refractivity contribution is -0.121. The van der Waals surface area contributed by atoms with Gasteiger partial charge in [0, 0.05) is 35.6 Å². The van der Waals surface area contributed by atoms with E-state index in [0.717, 1.165) is 12.8 Å². The Morgan fingerprint density at radius 3 is 2.33 bits per heavy atom. The minimum Gasteiger partial charge on any atom is -0.354 e. The van der Waals surface area contributed by atoms with E-state index in [1.807, 2.05) is 0 Å². The number of amides is 2. The van der Waals surface area contributed by atoms with Crippen LogP contribution in [0.15, 0.2) is 24.3 Å². The van der Waals surface area contributed by atoms with Crippen molar-refractivity contribution in [2.45, 2.75) is 37.6 Å². The second kappa shape index (κ2) is 8.49. The molecule has 0 radical (unpaired) electrons. The predicted molar refractivity (Wildman–Crippen MR) is 96.3 cm³/mol. The van der Waals surface area contributed by atoms with Crippen LogP contribution in [0, 0.1) is 0 Å². The fourth-order valence-corrected chi connectivity index (χ4v) is 3.29. The highest BCUT2D eigenvalue weighted by atomic mass is 35.5. The molecule has 5 nitrogen and oxygen atoms in total. The van der Waals surface area contributed by atoms with Gasteiger partial charge >= 0.3 is 0 Å². The molecule has 24 heavy (non-hydrogen) atoms. The highest BCUT2D eigenvalue weighted by Gasteiger charge is 2.35. The van der Waals surface area contributed by atoms with E-state index >= 15 is 0 Å². The van der Waals surface area contributed by atoms with Gasteiger partial charge in [-0.25, -0.2) is 0 Å². The first-order valence-corrected chi connectivity index (χ1v) is 8.79. The molecule has 0 bridgehead atoms. The van der Waals surface area contributed by atoms with Gasteiger partial charge in [0.2, 0.25) is 5.91 Å². The van der Waals surface area contributed by atoms with Crippen LogP contribution in [-0.2, 0) is 4.79 Å². The Labute approximate surface area is 148 Å². The number of hydrogen-bond acceptors (Lipinski definition) is 3. The molecule has 0 saturated heterocycles. The third-order valence-electron chi connectivity index (χ3n) is 4.84. The summed E-state index contributed by atoms with van der Waals surface area (Å²) in [4.78, 5) is 26.2. The van der Waals surface area contributed by atoms with E-state index in [9.17, 15) is 9.59 Å². The van der Waals surface area contributed by atoms with Crippen molar-refractivity contribution in [3.05, 3.63) is 34.9 Å². The van der Waals surface area contributed by atoms with Gasteiger partial charge in [-0.1, -0.05) is 24.4 Å². The molecule has 132 valence electrons. The minimum atomic E-state index is -0.194. The van der Waals surface area contributed by atoms with Crippen LogP contribution >= 0.6 is 11.6 Å². The lowest BCUT2D eigenvalue weighted by Crippen LogP contribution is -2.51. The van der Waals surface area contributed by atoms with Gasteiger partial charge in [-0.05, 0) is 51.2 Å². The van der Waals surface area contributed by atoms with Crippen LogP contribution in [-0.4, -0.2) is 49.4 Å². The normalized spacial score (nSPS) is 16.2. The molecule has 2 rings (SSSR count). The summed E-state index contributed by atoms with van der Waals surface area (Å²) in [5.41, 5.74) is 0.625. The van der Waals surface area contributed by atoms with Gasteiger partial charge in [-0.2, -0.15) is 0 Å². The first-order chi connectivity index (χ1) is 11.4. The number of benzene rings is 1. The number of likely N-dealkylation sites (N-methyl/N-ethyl adjacent to an activating group) is 1. The molecule has 2 amide bonds. The minimum absolute atomic E-state index is 0.0282. The van der Waals surface area contributed by atoms with E-state index in [0.29, 0.717) is 23.7 Å². The van der Waals surface area contributed by atoms with Crippen molar-refractivity contribution in [3.8, 4) is 0 Å². The molecule has 0 spiro atoms. The zero-order valence-corrected chi connectivity index (χ0v) is 15.2. The smallest absolute Gasteiger partial charge is 0.251 e. The molecule has 2 N–H and O–H groups in total. The largest absolute Gasteiger partial charge is 0.354 e. The van der Waals surface area contributed by atoms with Gasteiger partial charge in [-0.15, -0.1) is 0 Å². The van der Waals surface area contributed by atoms with Crippen LogP contribution < -0.4 is 10.6 Å². The van der Waals surface area contributed by atoms with Crippen LogP contribution in [0.4, 0.5) is 0 Å². The number of carbonyl (C=O) groups excluding carboxylic acids is 2. The molecule has 1 saturated carbocycles. The summed E-state index contributed by atoms with van der Waals surface area (Å²) in [6.07, 6.45) is 4.94. The summed E-state index contributed by atoms with van der Waals surface area (Å²) >= 11 is 5.80. The predicted octanol–water partition coefficient (Wildman–Crippen LogP) is 2.45. The molecule has 0 unspecified atom stereocenters. The van der Waals surface area contributed by atoms with Crippen LogP contribution in [0.1, 0.15) is 42.5 Å². The topological polar surface area (TPSA) is 61.4 Å². The van der Waals surface area contributed by atoms with Crippen molar-refractivity contribution >= 4 is 23.4 Å². The van der Waals surface area contributed by atoms with Gasteiger partial charge in [0.25, 0.3) is 5.91 Å². The van der Waals surface area contributed by atoms with Gasteiger partial charge in [0.15, 0.2) is 0 Å². The summed E-state index contributed by atoms with van der Waals surface area (Å²) in [5, 5.41) is 6.37. The van der Waals surface area contributed by atoms with Crippen molar-refractivity contribution in [1.82, 2.24) is 15.5 Å². The first-order valence-electron chi connectivity index (χ1n) is 8.41. The van der Waals surface area contributed by atoms with E-state index in [4.69, 9.17) is 11.6 Å². The zero-order valence-electron chi connectivity index (χ0n) is 14.4. The van der Waals surface area contributed by atoms with Crippen molar-refractivity contribution in [3.63, 3.8) is 0 Å². The molecule has 1 aliphatic carbocycles. The van der Waals surface area contributed by atoms with E-state index in [-0.39, 0.29) is 23.8 Å². The van der Waals surface area contributed by atoms with Gasteiger partial charge in [-0.3, -0.25) is 9.59 Å². The van der Waals surface area contributed by atoms with E-state index in [1.54, 1.807) is 24.3 Å². The van der Waals surface area contributed by atoms with Gasteiger partial charge < -0.3 is 15.5 Å². The first kappa shape index (κ1) is 18.7. The number of nitrogens with one attached hydrogen (secondary N) is 2. The third kappa shape index (κ3) is 4.95. The summed E-state index contributed by atoms with van der Waals surface area (Å²) in [7, 11) is 4.15. The number of halogens is 1. The SMILES string of the molecule is CN(C)C1(CNC(=O)CCNC(=O)c2ccc(Cl)cc2)CCCC1. The number of carbonyl (C=O) groups is 2. The fraction of sp³-hybridized carbons (Fsp3) is 0.556. The highest BCUT2D eigenvalue weighted by Crippen LogP contribution is 2.33. The van der Waals surface area contributed by atoms with Crippen LogP contribution in [0.3, 0.4) is 0 Å². The average molecular weight is 352 g/mol. The summed E-state index contributed by atoms with van der Waals surface area (Å²) in [6, 6.07) is 6.67. The molecule has 6 heteroatoms. The van der Waals surface area contributed by atoms with E-state index in [2.05, 4.69) is 29.6 Å². The van der Waals surface area contributed by atoms with Gasteiger partial charge in [0.05, 0.1) is 0 Å². The Hall–Kier alpha value is -1.59. The second-order valence-corrected chi connectivity index (χ2v) is 7.05. The standard InChI is InChI=1S/C18H26ClN3O2/c1-22(2)18(10-3-4-11-18)13-21-16(23)9-12-20-17(24)14-5-7-15(19)8-6-14/h5-8H,3-4,9-13H2,1-2H3,(H,20,24)(H,21,23). The van der Waals surface area contributed by atoms with Crippen LogP contribution in [0.2, 0.25) is 5.02 Å². The molecule has 0 aromatic heterocycles. The number of rotatable bonds is 7. The van der Waals surface area contributed by atoms with Crippen molar-refractivity contribution in [1.29, 1.82) is 0 Å². The number of hydrogen-bond donors (Lipinski definition) is 2. The maximum Gasteiger partial charge on any atom is 0.251 e. The molecule has 0 atom stereocenters. The van der Waals surface area contributed by atoms with Crippen LogP contribution in [0.25, 0.3) is 0 Å². The molecule has 1 aromatic carbocycles. The summed E-state index contributed by atoms with van der Waals surface area (Å²) in [6.45, 7) is 0.992. The Morgan fingerprint density at radius 2 is 1.75 bits per heavy atom. The maximum atomic E-state index is 12.0. The van der Waals surface area contributed by atoms with Crippen molar-refractivity contribution in [2.75, 3.05) is 27.2 Å². The Kier molecular flexibility index (Phi) is 6.63. The lowest BCUT2D eigenvalue weighted by Gasteiger charge is -2.36. The van der Waals surface area contributed by atoms with Crippen molar-refractivity contribution < 1.29 is 9.59 Å². The van der Waals surface area contributed by atoms with E-state index < -0.39 is 0 Å². The van der Waals surface area contributed by atoms with Crippen LogP contribution in [0.5, 0.6) is 0 Å². The number of nitrogens with zero attached hydrogens (tertiary/aromatic N) is 1. The zero-order chi connectivity index (χ0) is 17.6. The lowest BCUT2D eigenvalue weighted by atomic mass is 9.96.